The number of urea groups is 1. The number of nitrogens with two attached hydrogens (primary N) is 1. The van der Waals surface area contributed by atoms with Crippen LogP contribution in [0.25, 0.3) is 0 Å². The van der Waals surface area contributed by atoms with Crippen molar-refractivity contribution in [3.63, 3.8) is 0 Å². The van der Waals surface area contributed by atoms with Crippen LogP contribution in [0.5, 0.6) is 0 Å². The van der Waals surface area contributed by atoms with Crippen LogP contribution in [-0.2, 0) is 16.0 Å². The minimum Gasteiger partial charge on any atom is -0.480 e. The molecule has 1 fully saturated rings. The molecular formula is C17H23N3O4. The van der Waals surface area contributed by atoms with E-state index < -0.39 is 30.4 Å². The number of carbonyl (C=O) groups excluding carboxylic acids is 2. The Morgan fingerprint density at radius 1 is 1.21 bits per heavy atom. The van der Waals surface area contributed by atoms with Crippen molar-refractivity contribution in [1.29, 1.82) is 0 Å². The minimum atomic E-state index is -1.28. The van der Waals surface area contributed by atoms with Crippen LogP contribution < -0.4 is 11.1 Å². The predicted molar refractivity (Wildman–Crippen MR) is 88.2 cm³/mol. The number of nitrogens with one attached hydrogen (secondary N) is 1. The van der Waals surface area contributed by atoms with Crippen LogP contribution in [0.15, 0.2) is 30.3 Å². The van der Waals surface area contributed by atoms with E-state index in [2.05, 4.69) is 17.4 Å². The van der Waals surface area contributed by atoms with E-state index in [0.717, 1.165) is 19.3 Å². The zero-order chi connectivity index (χ0) is 17.5. The summed E-state index contributed by atoms with van der Waals surface area (Å²) < 4.78 is 0. The maximum Gasteiger partial charge on any atom is 0.326 e. The lowest BCUT2D eigenvalue weighted by Crippen LogP contribution is -2.51. The summed E-state index contributed by atoms with van der Waals surface area (Å²) in [6.07, 6.45) is 2.31. The third kappa shape index (κ3) is 5.26. The van der Waals surface area contributed by atoms with Crippen LogP contribution >= 0.6 is 0 Å². The van der Waals surface area contributed by atoms with Gasteiger partial charge in [0.2, 0.25) is 5.91 Å². The smallest absolute Gasteiger partial charge is 0.326 e. The predicted octanol–water partition coefficient (Wildman–Crippen LogP) is 0.979. The van der Waals surface area contributed by atoms with Gasteiger partial charge in [-0.25, -0.2) is 9.59 Å². The molecule has 0 aliphatic carbocycles. The molecule has 1 aromatic rings. The molecule has 0 bridgehead atoms. The van der Waals surface area contributed by atoms with E-state index in [1.807, 2.05) is 18.2 Å². The number of hydrogen-bond acceptors (Lipinski definition) is 3. The van der Waals surface area contributed by atoms with Crippen molar-refractivity contribution >= 4 is 17.9 Å². The van der Waals surface area contributed by atoms with E-state index in [1.165, 1.54) is 5.56 Å². The number of hydrogen-bond donors (Lipinski definition) is 3. The summed E-state index contributed by atoms with van der Waals surface area (Å²) in [5, 5.41) is 11.4. The van der Waals surface area contributed by atoms with E-state index in [9.17, 15) is 14.4 Å². The van der Waals surface area contributed by atoms with Crippen molar-refractivity contribution in [2.24, 2.45) is 11.7 Å². The Morgan fingerprint density at radius 2 is 1.83 bits per heavy atom. The highest BCUT2D eigenvalue weighted by molar-refractivity contribution is 5.87. The van der Waals surface area contributed by atoms with Gasteiger partial charge in [0.05, 0.1) is 6.42 Å². The number of benzene rings is 1. The largest absolute Gasteiger partial charge is 0.480 e. The molecule has 130 valence electrons. The van der Waals surface area contributed by atoms with Gasteiger partial charge in [-0.15, -0.1) is 0 Å². The number of nitrogens with zero attached hydrogens (tertiary/aromatic N) is 1. The van der Waals surface area contributed by atoms with Gasteiger partial charge in [-0.3, -0.25) is 4.79 Å². The van der Waals surface area contributed by atoms with Crippen molar-refractivity contribution in [3.05, 3.63) is 35.9 Å². The van der Waals surface area contributed by atoms with Gasteiger partial charge in [0.15, 0.2) is 0 Å². The third-order valence-corrected chi connectivity index (χ3v) is 4.27. The summed E-state index contributed by atoms with van der Waals surface area (Å²) >= 11 is 0. The van der Waals surface area contributed by atoms with Crippen molar-refractivity contribution in [3.8, 4) is 0 Å². The van der Waals surface area contributed by atoms with Crippen LogP contribution in [0.3, 0.4) is 0 Å². The van der Waals surface area contributed by atoms with Crippen LogP contribution in [0.4, 0.5) is 4.79 Å². The molecule has 1 atom stereocenters. The summed E-state index contributed by atoms with van der Waals surface area (Å²) in [6.45, 7) is 1.15. The Hall–Kier alpha value is -2.57. The maximum absolute atomic E-state index is 12.2. The summed E-state index contributed by atoms with van der Waals surface area (Å²) in [5.41, 5.74) is 6.29. The molecule has 0 aromatic heterocycles. The molecule has 1 aromatic carbocycles. The fourth-order valence-corrected chi connectivity index (χ4v) is 2.93. The molecule has 4 N–H and O–H groups in total. The number of carboxylic acids is 1. The molecule has 7 nitrogen and oxygen atoms in total. The number of primary amides is 1. The second-order valence-corrected chi connectivity index (χ2v) is 6.13. The van der Waals surface area contributed by atoms with Gasteiger partial charge >= 0.3 is 12.0 Å². The van der Waals surface area contributed by atoms with Gasteiger partial charge in [0, 0.05) is 13.1 Å². The van der Waals surface area contributed by atoms with Crippen molar-refractivity contribution < 1.29 is 19.5 Å². The minimum absolute atomic E-state index is 0.411. The summed E-state index contributed by atoms with van der Waals surface area (Å²) in [6, 6.07) is 8.48. The molecule has 0 saturated carbocycles. The number of amides is 3. The summed E-state index contributed by atoms with van der Waals surface area (Å²) in [4.78, 5) is 35.7. The summed E-state index contributed by atoms with van der Waals surface area (Å²) in [7, 11) is 0. The molecule has 1 heterocycles. The number of aliphatic carboxylic acids is 1. The lowest BCUT2D eigenvalue weighted by atomic mass is 9.90. The fourth-order valence-electron chi connectivity index (χ4n) is 2.93. The monoisotopic (exact) mass is 333 g/mol. The van der Waals surface area contributed by atoms with E-state index in [-0.39, 0.29) is 0 Å². The van der Waals surface area contributed by atoms with Gasteiger partial charge in [-0.05, 0) is 30.7 Å². The number of likely N-dealkylation sites (tertiary alicyclic amines) is 1. The first-order valence-electron chi connectivity index (χ1n) is 8.06. The van der Waals surface area contributed by atoms with Gasteiger partial charge < -0.3 is 21.1 Å². The maximum atomic E-state index is 12.2. The van der Waals surface area contributed by atoms with Gasteiger partial charge in [0.1, 0.15) is 6.04 Å². The zero-order valence-corrected chi connectivity index (χ0v) is 13.5. The molecule has 1 aliphatic rings. The number of carbonyl (C=O) groups is 3. The highest BCUT2D eigenvalue weighted by Crippen LogP contribution is 2.21. The lowest BCUT2D eigenvalue weighted by molar-refractivity contribution is -0.141. The normalized spacial score (nSPS) is 16.4. The van der Waals surface area contributed by atoms with Gasteiger partial charge in [-0.1, -0.05) is 30.3 Å². The second kappa shape index (κ2) is 8.33. The number of carboxylic acid groups (broad SMARTS) is 1. The van der Waals surface area contributed by atoms with Crippen molar-refractivity contribution in [2.45, 2.75) is 31.7 Å². The SMILES string of the molecule is NC(=O)C[C@H](NC(=O)N1CCC(Cc2ccccc2)CC1)C(=O)O. The lowest BCUT2D eigenvalue weighted by Gasteiger charge is -2.32. The quantitative estimate of drug-likeness (QED) is 0.720. The van der Waals surface area contributed by atoms with E-state index in [1.54, 1.807) is 4.90 Å². The van der Waals surface area contributed by atoms with Crippen LogP contribution in [-0.4, -0.2) is 47.0 Å². The van der Waals surface area contributed by atoms with Crippen molar-refractivity contribution in [1.82, 2.24) is 10.2 Å². The van der Waals surface area contributed by atoms with E-state index in [4.69, 9.17) is 10.8 Å². The molecule has 0 unspecified atom stereocenters. The molecular weight excluding hydrogens is 310 g/mol. The first kappa shape index (κ1) is 17.8. The fraction of sp³-hybridized carbons (Fsp3) is 0.471. The molecule has 1 aliphatic heterocycles. The second-order valence-electron chi connectivity index (χ2n) is 6.13. The third-order valence-electron chi connectivity index (χ3n) is 4.27. The first-order chi connectivity index (χ1) is 11.5. The van der Waals surface area contributed by atoms with Gasteiger partial charge in [0.25, 0.3) is 0 Å². The molecule has 3 amide bonds. The molecule has 0 radical (unpaired) electrons. The first-order valence-corrected chi connectivity index (χ1v) is 8.06. The Labute approximate surface area is 140 Å². The highest BCUT2D eigenvalue weighted by atomic mass is 16.4. The number of rotatable bonds is 6. The molecule has 0 spiro atoms. The van der Waals surface area contributed by atoms with Crippen LogP contribution in [0.1, 0.15) is 24.8 Å². The average Bonchev–Trinajstić information content (AvgIpc) is 2.55. The van der Waals surface area contributed by atoms with Crippen LogP contribution in [0.2, 0.25) is 0 Å². The Morgan fingerprint density at radius 3 is 2.38 bits per heavy atom. The van der Waals surface area contributed by atoms with Gasteiger partial charge in [-0.2, -0.15) is 0 Å². The Kier molecular flexibility index (Phi) is 6.17. The highest BCUT2D eigenvalue weighted by Gasteiger charge is 2.27. The standard InChI is InChI=1S/C17H23N3O4/c18-15(21)11-14(16(22)23)19-17(24)20-8-6-13(7-9-20)10-12-4-2-1-3-5-12/h1-5,13-14H,6-11H2,(H2,18,21)(H,19,24)(H,22,23)/t14-/m0/s1. The topological polar surface area (TPSA) is 113 Å². The molecule has 7 heteroatoms. The van der Waals surface area contributed by atoms with Crippen molar-refractivity contribution in [2.75, 3.05) is 13.1 Å². The Balaban J connectivity index is 1.81. The van der Waals surface area contributed by atoms with Crippen LogP contribution in [0, 0.1) is 5.92 Å². The molecule has 1 saturated heterocycles. The van der Waals surface area contributed by atoms with E-state index in [0.29, 0.717) is 19.0 Å². The Bertz CT molecular complexity index is 583. The molecule has 2 rings (SSSR count). The number of piperidine rings is 1. The molecule has 24 heavy (non-hydrogen) atoms. The van der Waals surface area contributed by atoms with E-state index >= 15 is 0 Å². The average molecular weight is 333 g/mol. The zero-order valence-electron chi connectivity index (χ0n) is 13.5. The summed E-state index contributed by atoms with van der Waals surface area (Å²) in [5.74, 6) is -1.51.